The molecule has 0 aliphatic carbocycles. The third-order valence-corrected chi connectivity index (χ3v) is 5.16. The van der Waals surface area contributed by atoms with Gasteiger partial charge in [0.05, 0.1) is 4.92 Å². The average molecular weight is 284 g/mol. The minimum atomic E-state index is -0.335. The highest BCUT2D eigenvalue weighted by Gasteiger charge is 2.32. The zero-order valence-corrected chi connectivity index (χ0v) is 12.0. The molecule has 1 aromatic heterocycles. The van der Waals surface area contributed by atoms with E-state index in [1.807, 2.05) is 5.38 Å². The molecule has 0 radical (unpaired) electrons. The summed E-state index contributed by atoms with van der Waals surface area (Å²) >= 11 is 1.19. The summed E-state index contributed by atoms with van der Waals surface area (Å²) in [6.45, 7) is 5.08. The smallest absolute Gasteiger partial charge is 0.324 e. The second kappa shape index (κ2) is 5.98. The third-order valence-electron chi connectivity index (χ3n) is 4.23. The summed E-state index contributed by atoms with van der Waals surface area (Å²) in [5, 5.41) is 22.2. The highest BCUT2D eigenvalue weighted by atomic mass is 32.1. The number of piperidine rings is 1. The first-order chi connectivity index (χ1) is 9.08. The summed E-state index contributed by atoms with van der Waals surface area (Å²) < 4.78 is 0. The maximum absolute atomic E-state index is 10.6. The van der Waals surface area contributed by atoms with E-state index in [4.69, 9.17) is 0 Å². The van der Waals surface area contributed by atoms with Crippen molar-refractivity contribution in [3.63, 3.8) is 0 Å². The van der Waals surface area contributed by atoms with Crippen LogP contribution in [-0.2, 0) is 6.54 Å². The van der Waals surface area contributed by atoms with Crippen molar-refractivity contribution in [1.29, 1.82) is 0 Å². The molecule has 0 atom stereocenters. The van der Waals surface area contributed by atoms with Gasteiger partial charge in [0.1, 0.15) is 0 Å². The van der Waals surface area contributed by atoms with Crippen LogP contribution in [0.1, 0.15) is 31.7 Å². The van der Waals surface area contributed by atoms with Gasteiger partial charge in [-0.1, -0.05) is 18.3 Å². The van der Waals surface area contributed by atoms with E-state index in [0.29, 0.717) is 0 Å². The van der Waals surface area contributed by atoms with E-state index in [1.165, 1.54) is 11.3 Å². The van der Waals surface area contributed by atoms with E-state index in [-0.39, 0.29) is 21.9 Å². The molecule has 1 N–H and O–H groups in total. The third kappa shape index (κ3) is 3.32. The summed E-state index contributed by atoms with van der Waals surface area (Å²) in [5.74, 6) is 0. The van der Waals surface area contributed by atoms with Gasteiger partial charge < -0.3 is 5.11 Å². The first-order valence-corrected chi connectivity index (χ1v) is 7.51. The fraction of sp³-hybridized carbons (Fsp3) is 0.692. The van der Waals surface area contributed by atoms with E-state index in [2.05, 4.69) is 11.8 Å². The van der Waals surface area contributed by atoms with E-state index >= 15 is 0 Å². The SMILES string of the molecule is CCC1(CO)CCN(Cc2csc([N+](=O)[O-])c2)CC1. The molecular formula is C13H20N2O3S. The minimum Gasteiger partial charge on any atom is -0.396 e. The summed E-state index contributed by atoms with van der Waals surface area (Å²) in [5.41, 5.74) is 1.11. The summed E-state index contributed by atoms with van der Waals surface area (Å²) in [7, 11) is 0. The molecule has 6 heteroatoms. The van der Waals surface area contributed by atoms with Gasteiger partial charge in [-0.25, -0.2) is 0 Å². The standard InChI is InChI=1S/C13H20N2O3S/c1-2-13(10-16)3-5-14(6-4-13)8-11-7-12(15(17)18)19-9-11/h7,9,16H,2-6,8,10H2,1H3. The van der Waals surface area contributed by atoms with Crippen LogP contribution < -0.4 is 0 Å². The summed E-state index contributed by atoms with van der Waals surface area (Å²) in [6, 6.07) is 1.67. The van der Waals surface area contributed by atoms with E-state index in [0.717, 1.165) is 44.5 Å². The fourth-order valence-corrected chi connectivity index (χ4v) is 3.33. The molecule has 1 aliphatic rings. The summed E-state index contributed by atoms with van der Waals surface area (Å²) in [4.78, 5) is 12.6. The van der Waals surface area contributed by atoms with Gasteiger partial charge in [-0.05, 0) is 43.3 Å². The predicted molar refractivity (Wildman–Crippen MR) is 75.3 cm³/mol. The van der Waals surface area contributed by atoms with Crippen molar-refractivity contribution in [2.45, 2.75) is 32.7 Å². The van der Waals surface area contributed by atoms with Gasteiger partial charge in [0.15, 0.2) is 0 Å². The van der Waals surface area contributed by atoms with Crippen molar-refractivity contribution in [1.82, 2.24) is 4.90 Å². The Morgan fingerprint density at radius 1 is 1.53 bits per heavy atom. The number of rotatable bonds is 5. The number of thiophene rings is 1. The molecule has 0 bridgehead atoms. The van der Waals surface area contributed by atoms with Crippen LogP contribution in [0.15, 0.2) is 11.4 Å². The van der Waals surface area contributed by atoms with Gasteiger partial charge >= 0.3 is 5.00 Å². The Hall–Kier alpha value is -0.980. The monoisotopic (exact) mass is 284 g/mol. The van der Waals surface area contributed by atoms with Gasteiger partial charge in [0.2, 0.25) is 0 Å². The molecule has 0 unspecified atom stereocenters. The van der Waals surface area contributed by atoms with Crippen LogP contribution in [0.3, 0.4) is 0 Å². The lowest BCUT2D eigenvalue weighted by atomic mass is 9.77. The zero-order chi connectivity index (χ0) is 13.9. The van der Waals surface area contributed by atoms with Gasteiger partial charge in [0, 0.05) is 24.6 Å². The largest absolute Gasteiger partial charge is 0.396 e. The highest BCUT2D eigenvalue weighted by molar-refractivity contribution is 7.13. The molecule has 106 valence electrons. The van der Waals surface area contributed by atoms with Crippen molar-refractivity contribution < 1.29 is 10.0 Å². The molecular weight excluding hydrogens is 264 g/mol. The maximum Gasteiger partial charge on any atom is 0.324 e. The molecule has 2 rings (SSSR count). The van der Waals surface area contributed by atoms with Crippen molar-refractivity contribution >= 4 is 16.3 Å². The van der Waals surface area contributed by atoms with Crippen molar-refractivity contribution in [2.75, 3.05) is 19.7 Å². The Morgan fingerprint density at radius 3 is 2.68 bits per heavy atom. The van der Waals surface area contributed by atoms with Gasteiger partial charge in [0.25, 0.3) is 0 Å². The van der Waals surface area contributed by atoms with Crippen LogP contribution >= 0.6 is 11.3 Å². The van der Waals surface area contributed by atoms with Crippen molar-refractivity contribution in [3.05, 3.63) is 27.1 Å². The van der Waals surface area contributed by atoms with E-state index < -0.39 is 0 Å². The van der Waals surface area contributed by atoms with Crippen LogP contribution in [-0.4, -0.2) is 34.6 Å². The number of aliphatic hydroxyl groups excluding tert-OH is 1. The Bertz CT molecular complexity index is 433. The number of nitro groups is 1. The highest BCUT2D eigenvalue weighted by Crippen LogP contribution is 2.35. The predicted octanol–water partition coefficient (Wildman–Crippen LogP) is 2.64. The topological polar surface area (TPSA) is 66.6 Å². The molecule has 2 heterocycles. The number of nitrogens with zero attached hydrogens (tertiary/aromatic N) is 2. The zero-order valence-electron chi connectivity index (χ0n) is 11.2. The normalized spacial score (nSPS) is 19.5. The minimum absolute atomic E-state index is 0.0944. The second-order valence-corrected chi connectivity index (χ2v) is 6.23. The van der Waals surface area contributed by atoms with Gasteiger partial charge in [-0.2, -0.15) is 0 Å². The van der Waals surface area contributed by atoms with Crippen molar-refractivity contribution in [2.24, 2.45) is 5.41 Å². The van der Waals surface area contributed by atoms with Crippen molar-refractivity contribution in [3.8, 4) is 0 Å². The quantitative estimate of drug-likeness (QED) is 0.667. The van der Waals surface area contributed by atoms with Gasteiger partial charge in [-0.15, -0.1) is 0 Å². The van der Waals surface area contributed by atoms with E-state index in [9.17, 15) is 15.2 Å². The molecule has 1 fully saturated rings. The maximum atomic E-state index is 10.6. The molecule has 19 heavy (non-hydrogen) atoms. The van der Waals surface area contributed by atoms with Gasteiger partial charge in [-0.3, -0.25) is 15.0 Å². The number of likely N-dealkylation sites (tertiary alicyclic amines) is 1. The molecule has 0 saturated carbocycles. The number of hydrogen-bond acceptors (Lipinski definition) is 5. The number of aliphatic hydroxyl groups is 1. The second-order valence-electron chi connectivity index (χ2n) is 5.34. The molecule has 1 aromatic rings. The lowest BCUT2D eigenvalue weighted by Crippen LogP contribution is -2.41. The van der Waals surface area contributed by atoms with Crippen LogP contribution in [0.2, 0.25) is 0 Å². The molecule has 1 aliphatic heterocycles. The van der Waals surface area contributed by atoms with Crippen LogP contribution in [0, 0.1) is 15.5 Å². The molecule has 1 saturated heterocycles. The average Bonchev–Trinajstić information content (AvgIpc) is 2.89. The number of hydrogen-bond donors (Lipinski definition) is 1. The molecule has 0 amide bonds. The Kier molecular flexibility index (Phi) is 4.54. The Balaban J connectivity index is 1.90. The first-order valence-electron chi connectivity index (χ1n) is 6.63. The van der Waals surface area contributed by atoms with Crippen LogP contribution in [0.25, 0.3) is 0 Å². The Morgan fingerprint density at radius 2 is 2.21 bits per heavy atom. The first kappa shape index (κ1) is 14.4. The lowest BCUT2D eigenvalue weighted by Gasteiger charge is -2.40. The van der Waals surface area contributed by atoms with Crippen LogP contribution in [0.5, 0.6) is 0 Å². The lowest BCUT2D eigenvalue weighted by molar-refractivity contribution is -0.380. The summed E-state index contributed by atoms with van der Waals surface area (Å²) in [6.07, 6.45) is 3.03. The molecule has 5 nitrogen and oxygen atoms in total. The van der Waals surface area contributed by atoms with E-state index in [1.54, 1.807) is 6.07 Å². The Labute approximate surface area is 117 Å². The molecule has 0 aromatic carbocycles. The molecule has 0 spiro atoms. The van der Waals surface area contributed by atoms with Crippen LogP contribution in [0.4, 0.5) is 5.00 Å². The fourth-order valence-electron chi connectivity index (χ4n) is 2.61.